The van der Waals surface area contributed by atoms with Crippen molar-refractivity contribution in [3.05, 3.63) is 29.8 Å². The number of nitrogens with zero attached hydrogens (tertiary/aromatic N) is 1. The van der Waals surface area contributed by atoms with E-state index in [4.69, 9.17) is 4.74 Å². The van der Waals surface area contributed by atoms with Crippen LogP contribution in [0, 0.1) is 0 Å². The number of carbonyl (C=O) groups excluding carboxylic acids is 1. The molecule has 1 aliphatic rings. The molecule has 0 aliphatic carbocycles. The zero-order valence-electron chi connectivity index (χ0n) is 14.2. The molecule has 1 fully saturated rings. The molecule has 0 aromatic heterocycles. The standard InChI is InChI=1S/C17H24F2N2O3/c1-11(21-9-12(2)23-13(3)10-21)8-20-16(22)14-5-4-6-15(7-14)24-17(18)19/h4-7,11-13,17H,8-10H2,1-3H3,(H,20,22)/t11-,12+,13+/m0/s1. The van der Waals surface area contributed by atoms with Gasteiger partial charge in [0.1, 0.15) is 5.75 Å². The van der Waals surface area contributed by atoms with Crippen molar-refractivity contribution in [2.24, 2.45) is 0 Å². The molecule has 1 saturated heterocycles. The maximum Gasteiger partial charge on any atom is 0.387 e. The zero-order valence-corrected chi connectivity index (χ0v) is 14.2. The third kappa shape index (κ3) is 5.42. The van der Waals surface area contributed by atoms with Gasteiger partial charge in [0.15, 0.2) is 0 Å². The molecule has 1 heterocycles. The predicted octanol–water partition coefficient (Wildman–Crippen LogP) is 2.52. The van der Waals surface area contributed by atoms with E-state index in [9.17, 15) is 13.6 Å². The Kier molecular flexibility index (Phi) is 6.51. The van der Waals surface area contributed by atoms with Gasteiger partial charge in [-0.3, -0.25) is 9.69 Å². The molecule has 1 aromatic carbocycles. The van der Waals surface area contributed by atoms with Gasteiger partial charge in [0.25, 0.3) is 5.91 Å². The summed E-state index contributed by atoms with van der Waals surface area (Å²) in [5, 5.41) is 2.84. The largest absolute Gasteiger partial charge is 0.435 e. The number of hydrogen-bond acceptors (Lipinski definition) is 4. The molecular formula is C17H24F2N2O3. The van der Waals surface area contributed by atoms with E-state index in [1.165, 1.54) is 18.2 Å². The normalized spacial score (nSPS) is 23.1. The van der Waals surface area contributed by atoms with E-state index in [1.807, 2.05) is 20.8 Å². The topological polar surface area (TPSA) is 50.8 Å². The highest BCUT2D eigenvalue weighted by Gasteiger charge is 2.25. The summed E-state index contributed by atoms with van der Waals surface area (Å²) in [7, 11) is 0. The molecule has 0 bridgehead atoms. The molecule has 1 amide bonds. The molecular weight excluding hydrogens is 318 g/mol. The van der Waals surface area contributed by atoms with Crippen LogP contribution in [0.15, 0.2) is 24.3 Å². The van der Waals surface area contributed by atoms with Crippen LogP contribution < -0.4 is 10.1 Å². The summed E-state index contributed by atoms with van der Waals surface area (Å²) in [6, 6.07) is 5.94. The van der Waals surface area contributed by atoms with Crippen molar-refractivity contribution in [3.8, 4) is 5.75 Å². The third-order valence-corrected chi connectivity index (χ3v) is 3.95. The molecule has 3 atom stereocenters. The molecule has 5 nitrogen and oxygen atoms in total. The van der Waals surface area contributed by atoms with Crippen molar-refractivity contribution in [1.82, 2.24) is 10.2 Å². The Balaban J connectivity index is 1.88. The van der Waals surface area contributed by atoms with Crippen LogP contribution in [-0.2, 0) is 4.74 Å². The average molecular weight is 342 g/mol. The average Bonchev–Trinajstić information content (AvgIpc) is 2.51. The molecule has 2 rings (SSSR count). The van der Waals surface area contributed by atoms with Gasteiger partial charge in [-0.05, 0) is 39.0 Å². The minimum absolute atomic E-state index is 0.0264. The van der Waals surface area contributed by atoms with Crippen molar-refractivity contribution in [3.63, 3.8) is 0 Å². The van der Waals surface area contributed by atoms with Gasteiger partial charge in [0.05, 0.1) is 12.2 Å². The first-order chi connectivity index (χ1) is 11.3. The van der Waals surface area contributed by atoms with Gasteiger partial charge in [0.2, 0.25) is 0 Å². The van der Waals surface area contributed by atoms with Crippen molar-refractivity contribution in [1.29, 1.82) is 0 Å². The van der Waals surface area contributed by atoms with Crippen LogP contribution in [-0.4, -0.2) is 55.3 Å². The van der Waals surface area contributed by atoms with Crippen molar-refractivity contribution < 1.29 is 23.0 Å². The van der Waals surface area contributed by atoms with Crippen LogP contribution in [0.5, 0.6) is 5.75 Å². The first kappa shape index (κ1) is 18.6. The molecule has 1 aliphatic heterocycles. The summed E-state index contributed by atoms with van der Waals surface area (Å²) < 4.78 is 34.5. The highest BCUT2D eigenvalue weighted by molar-refractivity contribution is 5.94. The molecule has 0 spiro atoms. The summed E-state index contributed by atoms with van der Waals surface area (Å²) in [6.07, 6.45) is 0.324. The van der Waals surface area contributed by atoms with Gasteiger partial charge in [-0.2, -0.15) is 8.78 Å². The van der Waals surface area contributed by atoms with Gasteiger partial charge < -0.3 is 14.8 Å². The number of carbonyl (C=O) groups is 1. The summed E-state index contributed by atoms with van der Waals surface area (Å²) in [5.74, 6) is -0.336. The minimum atomic E-state index is -2.91. The Hall–Kier alpha value is -1.73. The van der Waals surface area contributed by atoms with Gasteiger partial charge >= 0.3 is 6.61 Å². The second kappa shape index (κ2) is 8.39. The highest BCUT2D eigenvalue weighted by atomic mass is 19.3. The van der Waals surface area contributed by atoms with Crippen molar-refractivity contribution >= 4 is 5.91 Å². The maximum absolute atomic E-state index is 12.2. The van der Waals surface area contributed by atoms with E-state index >= 15 is 0 Å². The minimum Gasteiger partial charge on any atom is -0.435 e. The van der Waals surface area contributed by atoms with E-state index in [0.29, 0.717) is 12.1 Å². The quantitative estimate of drug-likeness (QED) is 0.863. The molecule has 24 heavy (non-hydrogen) atoms. The number of rotatable bonds is 6. The van der Waals surface area contributed by atoms with Crippen LogP contribution >= 0.6 is 0 Å². The molecule has 134 valence electrons. The molecule has 1 aromatic rings. The molecule has 0 saturated carbocycles. The number of alkyl halides is 2. The number of ether oxygens (including phenoxy) is 2. The smallest absolute Gasteiger partial charge is 0.387 e. The summed E-state index contributed by atoms with van der Waals surface area (Å²) >= 11 is 0. The SMILES string of the molecule is C[C@@H]1CN([C@@H](C)CNC(=O)c2cccc(OC(F)F)c2)C[C@@H](C)O1. The lowest BCUT2D eigenvalue weighted by Crippen LogP contribution is -2.52. The Morgan fingerprint density at radius 3 is 2.67 bits per heavy atom. The summed E-state index contributed by atoms with van der Waals surface area (Å²) in [6.45, 7) is 5.30. The number of halogens is 2. The van der Waals surface area contributed by atoms with Crippen molar-refractivity contribution in [2.45, 2.75) is 45.6 Å². The van der Waals surface area contributed by atoms with Gasteiger partial charge in [0, 0.05) is 31.2 Å². The Bertz CT molecular complexity index is 546. The molecule has 0 radical (unpaired) electrons. The lowest BCUT2D eigenvalue weighted by atomic mass is 10.1. The van der Waals surface area contributed by atoms with Crippen LogP contribution in [0.3, 0.4) is 0 Å². The number of nitrogens with one attached hydrogen (secondary N) is 1. The fourth-order valence-electron chi connectivity index (χ4n) is 2.86. The van der Waals surface area contributed by atoms with Crippen LogP contribution in [0.1, 0.15) is 31.1 Å². The number of benzene rings is 1. The van der Waals surface area contributed by atoms with Gasteiger partial charge in [-0.1, -0.05) is 6.07 Å². The molecule has 7 heteroatoms. The van der Waals surface area contributed by atoms with Crippen LogP contribution in [0.2, 0.25) is 0 Å². The Labute approximate surface area is 140 Å². The number of morpholine rings is 1. The van der Waals surface area contributed by atoms with Crippen LogP contribution in [0.25, 0.3) is 0 Å². The zero-order chi connectivity index (χ0) is 17.7. The van der Waals surface area contributed by atoms with E-state index in [0.717, 1.165) is 13.1 Å². The first-order valence-electron chi connectivity index (χ1n) is 8.07. The molecule has 1 N–H and O–H groups in total. The second-order valence-corrected chi connectivity index (χ2v) is 6.18. The van der Waals surface area contributed by atoms with E-state index < -0.39 is 6.61 Å². The number of hydrogen-bond donors (Lipinski definition) is 1. The second-order valence-electron chi connectivity index (χ2n) is 6.18. The third-order valence-electron chi connectivity index (χ3n) is 3.95. The van der Waals surface area contributed by atoms with Crippen LogP contribution in [0.4, 0.5) is 8.78 Å². The monoisotopic (exact) mass is 342 g/mol. The van der Waals surface area contributed by atoms with E-state index in [-0.39, 0.29) is 29.9 Å². The van der Waals surface area contributed by atoms with Gasteiger partial charge in [-0.15, -0.1) is 0 Å². The Morgan fingerprint density at radius 1 is 1.38 bits per heavy atom. The number of amides is 1. The first-order valence-corrected chi connectivity index (χ1v) is 8.07. The fourth-order valence-corrected chi connectivity index (χ4v) is 2.86. The lowest BCUT2D eigenvalue weighted by molar-refractivity contribution is -0.0778. The maximum atomic E-state index is 12.2. The lowest BCUT2D eigenvalue weighted by Gasteiger charge is -2.39. The molecule has 0 unspecified atom stereocenters. The van der Waals surface area contributed by atoms with E-state index in [1.54, 1.807) is 6.07 Å². The fraction of sp³-hybridized carbons (Fsp3) is 0.588. The van der Waals surface area contributed by atoms with Crippen molar-refractivity contribution in [2.75, 3.05) is 19.6 Å². The Morgan fingerprint density at radius 2 is 2.04 bits per heavy atom. The highest BCUT2D eigenvalue weighted by Crippen LogP contribution is 2.16. The van der Waals surface area contributed by atoms with Gasteiger partial charge in [-0.25, -0.2) is 0 Å². The summed E-state index contributed by atoms with van der Waals surface area (Å²) in [4.78, 5) is 14.5. The predicted molar refractivity (Wildman–Crippen MR) is 86.5 cm³/mol. The van der Waals surface area contributed by atoms with E-state index in [2.05, 4.69) is 15.0 Å². The summed E-state index contributed by atoms with van der Waals surface area (Å²) in [5.41, 5.74) is 0.295.